The van der Waals surface area contributed by atoms with Crippen LogP contribution in [0.1, 0.15) is 44.2 Å². The average Bonchev–Trinajstić information content (AvgIpc) is 2.95. The van der Waals surface area contributed by atoms with Crippen molar-refractivity contribution >= 4 is 5.97 Å². The summed E-state index contributed by atoms with van der Waals surface area (Å²) in [6.45, 7) is 6.51. The molecule has 86 valence electrons. The van der Waals surface area contributed by atoms with Crippen molar-refractivity contribution in [1.82, 2.24) is 0 Å². The fourth-order valence-corrected chi connectivity index (χ4v) is 2.31. The molecular formula is C14H18O2. The normalized spacial score (nSPS) is 24.2. The van der Waals surface area contributed by atoms with E-state index in [0.717, 1.165) is 6.42 Å². The van der Waals surface area contributed by atoms with Gasteiger partial charge in [0.2, 0.25) is 0 Å². The zero-order valence-electron chi connectivity index (χ0n) is 10.0. The van der Waals surface area contributed by atoms with Crippen molar-refractivity contribution in [3.63, 3.8) is 0 Å². The van der Waals surface area contributed by atoms with Crippen molar-refractivity contribution in [2.24, 2.45) is 5.92 Å². The molecule has 2 nitrogen and oxygen atoms in total. The lowest BCUT2D eigenvalue weighted by Gasteiger charge is -2.22. The lowest BCUT2D eigenvalue weighted by atomic mass is 9.82. The van der Waals surface area contributed by atoms with Gasteiger partial charge in [0.1, 0.15) is 0 Å². The monoisotopic (exact) mass is 218 g/mol. The Kier molecular flexibility index (Phi) is 2.53. The van der Waals surface area contributed by atoms with Crippen molar-refractivity contribution in [1.29, 1.82) is 0 Å². The summed E-state index contributed by atoms with van der Waals surface area (Å²) >= 11 is 0. The van der Waals surface area contributed by atoms with Crippen molar-refractivity contribution in [2.75, 3.05) is 0 Å². The third kappa shape index (κ3) is 1.97. The Hall–Kier alpha value is -1.31. The van der Waals surface area contributed by atoms with Crippen LogP contribution in [0.2, 0.25) is 0 Å². The first kappa shape index (κ1) is 11.2. The van der Waals surface area contributed by atoms with E-state index >= 15 is 0 Å². The molecule has 1 aromatic rings. The van der Waals surface area contributed by atoms with Crippen LogP contribution < -0.4 is 0 Å². The third-order valence-electron chi connectivity index (χ3n) is 3.28. The Balaban J connectivity index is 2.33. The highest BCUT2D eigenvalue weighted by Crippen LogP contribution is 2.50. The van der Waals surface area contributed by atoms with E-state index in [-0.39, 0.29) is 17.3 Å². The molecule has 1 aromatic carbocycles. The third-order valence-corrected chi connectivity index (χ3v) is 3.28. The second-order valence-electron chi connectivity index (χ2n) is 5.62. The summed E-state index contributed by atoms with van der Waals surface area (Å²) < 4.78 is 0. The van der Waals surface area contributed by atoms with Gasteiger partial charge in [-0.2, -0.15) is 0 Å². The summed E-state index contributed by atoms with van der Waals surface area (Å²) in [6.07, 6.45) is 0.794. The summed E-state index contributed by atoms with van der Waals surface area (Å²) in [6, 6.07) is 8.23. The minimum absolute atomic E-state index is 0.0856. The molecule has 0 heterocycles. The van der Waals surface area contributed by atoms with E-state index in [9.17, 15) is 4.79 Å². The van der Waals surface area contributed by atoms with Crippen molar-refractivity contribution in [2.45, 2.75) is 38.5 Å². The summed E-state index contributed by atoms with van der Waals surface area (Å²) in [4.78, 5) is 10.9. The molecule has 0 spiro atoms. The van der Waals surface area contributed by atoms with Crippen LogP contribution in [0.3, 0.4) is 0 Å². The summed E-state index contributed by atoms with van der Waals surface area (Å²) in [7, 11) is 0. The van der Waals surface area contributed by atoms with Gasteiger partial charge >= 0.3 is 5.97 Å². The highest BCUT2D eigenvalue weighted by atomic mass is 16.4. The number of carbonyl (C=O) groups is 1. The van der Waals surface area contributed by atoms with Crippen molar-refractivity contribution < 1.29 is 9.90 Å². The SMILES string of the molecule is CC(C)(C)c1ccccc1[C@@H]1C[C@H]1C(=O)O. The number of hydrogen-bond acceptors (Lipinski definition) is 1. The van der Waals surface area contributed by atoms with Crippen LogP contribution in [0.25, 0.3) is 0 Å². The number of carboxylic acids is 1. The van der Waals surface area contributed by atoms with Gasteiger partial charge in [-0.1, -0.05) is 45.0 Å². The summed E-state index contributed by atoms with van der Waals surface area (Å²) in [5.74, 6) is -0.592. The van der Waals surface area contributed by atoms with E-state index in [4.69, 9.17) is 5.11 Å². The highest BCUT2D eigenvalue weighted by molar-refractivity contribution is 5.75. The summed E-state index contributed by atoms with van der Waals surface area (Å²) in [5.41, 5.74) is 2.59. The largest absolute Gasteiger partial charge is 0.481 e. The maximum Gasteiger partial charge on any atom is 0.307 e. The molecule has 2 rings (SSSR count). The molecule has 1 N–H and O–H groups in total. The van der Waals surface area contributed by atoms with Crippen LogP contribution in [0, 0.1) is 5.92 Å². The first-order valence-corrected chi connectivity index (χ1v) is 5.73. The lowest BCUT2D eigenvalue weighted by molar-refractivity contribution is -0.138. The highest BCUT2D eigenvalue weighted by Gasteiger charge is 2.45. The number of aliphatic carboxylic acids is 1. The van der Waals surface area contributed by atoms with E-state index in [0.29, 0.717) is 0 Å². The fraction of sp³-hybridized carbons (Fsp3) is 0.500. The molecule has 16 heavy (non-hydrogen) atoms. The van der Waals surface area contributed by atoms with E-state index in [1.54, 1.807) is 0 Å². The minimum atomic E-state index is -0.659. The van der Waals surface area contributed by atoms with Gasteiger partial charge in [0.15, 0.2) is 0 Å². The molecule has 0 aromatic heterocycles. The van der Waals surface area contributed by atoms with Gasteiger partial charge in [0.05, 0.1) is 5.92 Å². The molecule has 1 saturated carbocycles. The van der Waals surface area contributed by atoms with Crippen LogP contribution in [0.5, 0.6) is 0 Å². The molecule has 0 bridgehead atoms. The maximum atomic E-state index is 10.9. The van der Waals surface area contributed by atoms with Crippen LogP contribution in [0.15, 0.2) is 24.3 Å². The van der Waals surface area contributed by atoms with Gasteiger partial charge < -0.3 is 5.11 Å². The molecule has 2 atom stereocenters. The van der Waals surface area contributed by atoms with E-state index < -0.39 is 5.97 Å². The zero-order valence-corrected chi connectivity index (χ0v) is 10.0. The molecule has 1 aliphatic carbocycles. The molecule has 1 fully saturated rings. The maximum absolute atomic E-state index is 10.9. The molecule has 0 amide bonds. The minimum Gasteiger partial charge on any atom is -0.481 e. The predicted octanol–water partition coefficient (Wildman–Crippen LogP) is 3.17. The molecule has 1 aliphatic rings. The Bertz CT molecular complexity index is 415. The number of carboxylic acid groups (broad SMARTS) is 1. The van der Waals surface area contributed by atoms with E-state index in [1.807, 2.05) is 12.1 Å². The smallest absolute Gasteiger partial charge is 0.307 e. The Morgan fingerprint density at radius 1 is 1.31 bits per heavy atom. The molecule has 0 saturated heterocycles. The quantitative estimate of drug-likeness (QED) is 0.827. The topological polar surface area (TPSA) is 37.3 Å². The van der Waals surface area contributed by atoms with Crippen LogP contribution in [-0.4, -0.2) is 11.1 Å². The second-order valence-corrected chi connectivity index (χ2v) is 5.62. The van der Waals surface area contributed by atoms with Gasteiger partial charge in [-0.05, 0) is 28.9 Å². The molecule has 0 aliphatic heterocycles. The number of benzene rings is 1. The van der Waals surface area contributed by atoms with Crippen LogP contribution >= 0.6 is 0 Å². The molecule has 0 radical (unpaired) electrons. The first-order valence-electron chi connectivity index (χ1n) is 5.73. The standard InChI is InChI=1S/C14H18O2/c1-14(2,3)12-7-5-4-6-9(12)10-8-11(10)13(15)16/h4-7,10-11H,8H2,1-3H3,(H,15,16)/t10-,11+/m0/s1. The van der Waals surface area contributed by atoms with Gasteiger partial charge in [0, 0.05) is 0 Å². The predicted molar refractivity (Wildman–Crippen MR) is 63.6 cm³/mol. The molecule has 2 heteroatoms. The Morgan fingerprint density at radius 2 is 1.94 bits per heavy atom. The Labute approximate surface area is 96.3 Å². The average molecular weight is 218 g/mol. The van der Waals surface area contributed by atoms with E-state index in [1.165, 1.54) is 11.1 Å². The van der Waals surface area contributed by atoms with Crippen LogP contribution in [0.4, 0.5) is 0 Å². The van der Waals surface area contributed by atoms with Gasteiger partial charge in [-0.3, -0.25) is 4.79 Å². The van der Waals surface area contributed by atoms with Gasteiger partial charge in [-0.15, -0.1) is 0 Å². The van der Waals surface area contributed by atoms with Crippen molar-refractivity contribution in [3.05, 3.63) is 35.4 Å². The van der Waals surface area contributed by atoms with Gasteiger partial charge in [-0.25, -0.2) is 0 Å². The van der Waals surface area contributed by atoms with Gasteiger partial charge in [0.25, 0.3) is 0 Å². The van der Waals surface area contributed by atoms with E-state index in [2.05, 4.69) is 32.9 Å². The fourth-order valence-electron chi connectivity index (χ4n) is 2.31. The number of hydrogen-bond donors (Lipinski definition) is 1. The first-order chi connectivity index (χ1) is 7.41. The molecular weight excluding hydrogens is 200 g/mol. The molecule has 0 unspecified atom stereocenters. The Morgan fingerprint density at radius 3 is 2.44 bits per heavy atom. The van der Waals surface area contributed by atoms with Crippen LogP contribution in [-0.2, 0) is 10.2 Å². The zero-order chi connectivity index (χ0) is 11.9. The van der Waals surface area contributed by atoms with Crippen molar-refractivity contribution in [3.8, 4) is 0 Å². The second kappa shape index (κ2) is 3.62. The number of rotatable bonds is 2. The lowest BCUT2D eigenvalue weighted by Crippen LogP contribution is -2.14. The summed E-state index contributed by atoms with van der Waals surface area (Å²) in [5, 5.41) is 8.98.